The molecule has 1 rings (SSSR count). The standard InChI is InChI=1S/C8H9ClN2/c1-11(8(9)10)7-5-3-2-4-6-7/h2-6,10H,1H3. The van der Waals surface area contributed by atoms with Crippen LogP contribution in [-0.2, 0) is 0 Å². The smallest absolute Gasteiger partial charge is 0.195 e. The maximum absolute atomic E-state index is 7.13. The van der Waals surface area contributed by atoms with E-state index in [2.05, 4.69) is 0 Å². The number of nitrogens with one attached hydrogen (secondary N) is 1. The van der Waals surface area contributed by atoms with Gasteiger partial charge in [-0.1, -0.05) is 18.2 Å². The average Bonchev–Trinajstić information content (AvgIpc) is 2.05. The van der Waals surface area contributed by atoms with Crippen LogP contribution in [0.3, 0.4) is 0 Å². The Balaban J connectivity index is 2.85. The zero-order valence-electron chi connectivity index (χ0n) is 6.21. The summed E-state index contributed by atoms with van der Waals surface area (Å²) in [5.74, 6) is 0. The Bertz CT molecular complexity index is 246. The molecule has 0 aromatic heterocycles. The number of halogens is 1. The van der Waals surface area contributed by atoms with Gasteiger partial charge in [0, 0.05) is 12.7 Å². The molecular weight excluding hydrogens is 160 g/mol. The third-order valence-corrected chi connectivity index (χ3v) is 1.69. The summed E-state index contributed by atoms with van der Waals surface area (Å²) in [4.78, 5) is 1.60. The van der Waals surface area contributed by atoms with Crippen LogP contribution in [0.25, 0.3) is 0 Å². The lowest BCUT2D eigenvalue weighted by Crippen LogP contribution is -2.19. The summed E-state index contributed by atoms with van der Waals surface area (Å²) < 4.78 is 0. The third kappa shape index (κ3) is 1.95. The second kappa shape index (κ2) is 3.39. The van der Waals surface area contributed by atoms with Gasteiger partial charge in [-0.15, -0.1) is 0 Å². The van der Waals surface area contributed by atoms with Gasteiger partial charge in [0.05, 0.1) is 0 Å². The van der Waals surface area contributed by atoms with Crippen LogP contribution in [0.15, 0.2) is 30.3 Å². The molecule has 0 unspecified atom stereocenters. The lowest BCUT2D eigenvalue weighted by atomic mass is 10.3. The molecule has 0 radical (unpaired) electrons. The number of para-hydroxylation sites is 1. The van der Waals surface area contributed by atoms with Gasteiger partial charge < -0.3 is 4.90 Å². The molecule has 0 bridgehead atoms. The number of benzene rings is 1. The number of hydrogen-bond donors (Lipinski definition) is 1. The van der Waals surface area contributed by atoms with Crippen LogP contribution < -0.4 is 4.90 Å². The molecule has 0 aliphatic rings. The molecule has 0 aliphatic heterocycles. The zero-order chi connectivity index (χ0) is 8.27. The van der Waals surface area contributed by atoms with E-state index < -0.39 is 0 Å². The second-order valence-corrected chi connectivity index (χ2v) is 2.54. The summed E-state index contributed by atoms with van der Waals surface area (Å²) in [6.07, 6.45) is 0. The Hall–Kier alpha value is -1.02. The Labute approximate surface area is 70.9 Å². The molecule has 0 amide bonds. The van der Waals surface area contributed by atoms with E-state index in [1.807, 2.05) is 30.3 Å². The van der Waals surface area contributed by atoms with Crippen molar-refractivity contribution in [2.75, 3.05) is 11.9 Å². The highest BCUT2D eigenvalue weighted by Gasteiger charge is 2.01. The fourth-order valence-electron chi connectivity index (χ4n) is 0.765. The van der Waals surface area contributed by atoms with Crippen LogP contribution in [0, 0.1) is 5.41 Å². The normalized spacial score (nSPS) is 9.27. The van der Waals surface area contributed by atoms with Gasteiger partial charge in [0.15, 0.2) is 5.29 Å². The van der Waals surface area contributed by atoms with Crippen LogP contribution >= 0.6 is 11.6 Å². The number of nitrogens with zero attached hydrogens (tertiary/aromatic N) is 1. The van der Waals surface area contributed by atoms with Crippen molar-refractivity contribution < 1.29 is 0 Å². The molecular formula is C8H9ClN2. The molecule has 3 heteroatoms. The van der Waals surface area contributed by atoms with Crippen molar-refractivity contribution in [3.05, 3.63) is 30.3 Å². The number of rotatable bonds is 1. The largest absolute Gasteiger partial charge is 0.320 e. The van der Waals surface area contributed by atoms with Crippen molar-refractivity contribution in [1.29, 1.82) is 5.41 Å². The van der Waals surface area contributed by atoms with E-state index in [4.69, 9.17) is 17.0 Å². The van der Waals surface area contributed by atoms with Crippen molar-refractivity contribution in [3.8, 4) is 0 Å². The Morgan fingerprint density at radius 2 is 1.91 bits per heavy atom. The van der Waals surface area contributed by atoms with Gasteiger partial charge in [-0.3, -0.25) is 5.41 Å². The maximum Gasteiger partial charge on any atom is 0.195 e. The summed E-state index contributed by atoms with van der Waals surface area (Å²) in [6.45, 7) is 0. The van der Waals surface area contributed by atoms with Crippen LogP contribution in [0.5, 0.6) is 0 Å². The predicted molar refractivity (Wildman–Crippen MR) is 48.4 cm³/mol. The van der Waals surface area contributed by atoms with Gasteiger partial charge in [0.2, 0.25) is 0 Å². The minimum atomic E-state index is 0.0243. The summed E-state index contributed by atoms with van der Waals surface area (Å²) in [6, 6.07) is 9.54. The molecule has 0 heterocycles. The Kier molecular flexibility index (Phi) is 2.49. The monoisotopic (exact) mass is 168 g/mol. The lowest BCUT2D eigenvalue weighted by Gasteiger charge is -2.14. The quantitative estimate of drug-likeness (QED) is 0.389. The number of anilines is 1. The first-order chi connectivity index (χ1) is 5.22. The van der Waals surface area contributed by atoms with E-state index in [9.17, 15) is 0 Å². The molecule has 0 aliphatic carbocycles. The summed E-state index contributed by atoms with van der Waals surface area (Å²) in [7, 11) is 1.75. The molecule has 0 atom stereocenters. The summed E-state index contributed by atoms with van der Waals surface area (Å²) in [5, 5.41) is 7.15. The Morgan fingerprint density at radius 3 is 2.36 bits per heavy atom. The topological polar surface area (TPSA) is 27.1 Å². The van der Waals surface area contributed by atoms with E-state index in [1.54, 1.807) is 11.9 Å². The fraction of sp³-hybridized carbons (Fsp3) is 0.125. The molecule has 2 nitrogen and oxygen atoms in total. The maximum atomic E-state index is 7.13. The summed E-state index contributed by atoms with van der Waals surface area (Å²) in [5.41, 5.74) is 0.924. The van der Waals surface area contributed by atoms with Crippen molar-refractivity contribution >= 4 is 22.6 Å². The average molecular weight is 169 g/mol. The highest BCUT2D eigenvalue weighted by atomic mass is 35.5. The molecule has 1 aromatic carbocycles. The van der Waals surface area contributed by atoms with Crippen LogP contribution in [0.1, 0.15) is 0 Å². The van der Waals surface area contributed by atoms with Gasteiger partial charge in [0.25, 0.3) is 0 Å². The molecule has 1 aromatic rings. The van der Waals surface area contributed by atoms with E-state index in [0.717, 1.165) is 5.69 Å². The fourth-order valence-corrected chi connectivity index (χ4v) is 0.863. The van der Waals surface area contributed by atoms with Gasteiger partial charge in [-0.2, -0.15) is 0 Å². The predicted octanol–water partition coefficient (Wildman–Crippen LogP) is 2.30. The lowest BCUT2D eigenvalue weighted by molar-refractivity contribution is 1.26. The van der Waals surface area contributed by atoms with Gasteiger partial charge >= 0.3 is 0 Å². The van der Waals surface area contributed by atoms with Crippen LogP contribution in [0.4, 0.5) is 5.69 Å². The summed E-state index contributed by atoms with van der Waals surface area (Å²) >= 11 is 5.47. The van der Waals surface area contributed by atoms with E-state index in [0.29, 0.717) is 0 Å². The van der Waals surface area contributed by atoms with Crippen molar-refractivity contribution in [1.82, 2.24) is 0 Å². The van der Waals surface area contributed by atoms with Crippen LogP contribution in [0.2, 0.25) is 0 Å². The molecule has 11 heavy (non-hydrogen) atoms. The zero-order valence-corrected chi connectivity index (χ0v) is 6.97. The third-order valence-electron chi connectivity index (χ3n) is 1.44. The highest BCUT2D eigenvalue weighted by Crippen LogP contribution is 2.11. The molecule has 0 saturated carbocycles. The SMILES string of the molecule is CN(C(=N)Cl)c1ccccc1. The van der Waals surface area contributed by atoms with Gasteiger partial charge in [0.1, 0.15) is 0 Å². The van der Waals surface area contributed by atoms with E-state index in [1.165, 1.54) is 0 Å². The number of hydrogen-bond acceptors (Lipinski definition) is 1. The first-order valence-corrected chi connectivity index (χ1v) is 3.62. The molecule has 1 N–H and O–H groups in total. The van der Waals surface area contributed by atoms with Crippen molar-refractivity contribution in [3.63, 3.8) is 0 Å². The van der Waals surface area contributed by atoms with Gasteiger partial charge in [-0.25, -0.2) is 0 Å². The number of amidine groups is 1. The first-order valence-electron chi connectivity index (χ1n) is 3.24. The van der Waals surface area contributed by atoms with E-state index >= 15 is 0 Å². The molecule has 0 spiro atoms. The minimum absolute atomic E-state index is 0.0243. The Morgan fingerprint density at radius 1 is 1.36 bits per heavy atom. The molecule has 58 valence electrons. The highest BCUT2D eigenvalue weighted by molar-refractivity contribution is 6.66. The van der Waals surface area contributed by atoms with Gasteiger partial charge in [-0.05, 0) is 23.7 Å². The molecule has 0 saturated heterocycles. The minimum Gasteiger partial charge on any atom is -0.320 e. The van der Waals surface area contributed by atoms with Crippen molar-refractivity contribution in [2.24, 2.45) is 0 Å². The van der Waals surface area contributed by atoms with Crippen molar-refractivity contribution in [2.45, 2.75) is 0 Å². The van der Waals surface area contributed by atoms with E-state index in [-0.39, 0.29) is 5.29 Å². The van der Waals surface area contributed by atoms with Crippen LogP contribution in [-0.4, -0.2) is 12.3 Å². The molecule has 0 fully saturated rings. The second-order valence-electron chi connectivity index (χ2n) is 2.19. The first kappa shape index (κ1) is 8.08.